The highest BCUT2D eigenvalue weighted by molar-refractivity contribution is 5.99. The van der Waals surface area contributed by atoms with Crippen LogP contribution in [0.4, 0.5) is 11.4 Å². The summed E-state index contributed by atoms with van der Waals surface area (Å²) < 4.78 is 0. The van der Waals surface area contributed by atoms with Crippen molar-refractivity contribution in [1.82, 2.24) is 9.88 Å². The summed E-state index contributed by atoms with van der Waals surface area (Å²) >= 11 is 0. The quantitative estimate of drug-likeness (QED) is 0.454. The number of pyridine rings is 1. The van der Waals surface area contributed by atoms with Gasteiger partial charge in [-0.3, -0.25) is 20.0 Å². The Balaban J connectivity index is 1.39. The molecule has 2 bridgehead atoms. The van der Waals surface area contributed by atoms with E-state index in [2.05, 4.69) is 52.2 Å². The molecule has 3 heterocycles. The summed E-state index contributed by atoms with van der Waals surface area (Å²) in [5.74, 6) is 0. The van der Waals surface area contributed by atoms with Gasteiger partial charge in [0, 0.05) is 61.3 Å². The van der Waals surface area contributed by atoms with Crippen LogP contribution in [0.15, 0.2) is 60.9 Å². The number of piperidine rings is 1. The highest BCUT2D eigenvalue weighted by Gasteiger charge is 2.42. The molecule has 0 spiro atoms. The van der Waals surface area contributed by atoms with Crippen LogP contribution in [0, 0.1) is 10.1 Å². The predicted molar refractivity (Wildman–Crippen MR) is 119 cm³/mol. The standard InChI is InChI=1S/C24H26N4O2/c1-26(23-9-10-24(28(29)30)22-15-25-12-11-21(22)23)20-13-18-7-8-19(14-20)27(18)16-17-5-3-2-4-6-17/h2-6,9-12,15,18-20H,7-8,13-14,16H2,1H3. The topological polar surface area (TPSA) is 62.5 Å². The first kappa shape index (κ1) is 19.0. The smallest absolute Gasteiger partial charge is 0.278 e. The zero-order chi connectivity index (χ0) is 20.7. The highest BCUT2D eigenvalue weighted by atomic mass is 16.6. The summed E-state index contributed by atoms with van der Waals surface area (Å²) in [5, 5.41) is 12.9. The van der Waals surface area contributed by atoms with Crippen LogP contribution in [0.5, 0.6) is 0 Å². The monoisotopic (exact) mass is 402 g/mol. The molecule has 1 aromatic heterocycles. The summed E-state index contributed by atoms with van der Waals surface area (Å²) in [6.45, 7) is 1.03. The van der Waals surface area contributed by atoms with E-state index in [1.807, 2.05) is 12.1 Å². The summed E-state index contributed by atoms with van der Waals surface area (Å²) in [6, 6.07) is 17.8. The Kier molecular flexibility index (Phi) is 4.87. The molecule has 154 valence electrons. The van der Waals surface area contributed by atoms with Crippen molar-refractivity contribution in [3.05, 3.63) is 76.6 Å². The summed E-state index contributed by atoms with van der Waals surface area (Å²) in [4.78, 5) is 20.3. The van der Waals surface area contributed by atoms with E-state index in [4.69, 9.17) is 0 Å². The first-order valence-electron chi connectivity index (χ1n) is 10.7. The number of anilines is 1. The maximum Gasteiger partial charge on any atom is 0.278 e. The lowest BCUT2D eigenvalue weighted by Gasteiger charge is -2.43. The van der Waals surface area contributed by atoms with Gasteiger partial charge in [-0.25, -0.2) is 0 Å². The molecule has 2 fully saturated rings. The molecule has 2 atom stereocenters. The number of aromatic nitrogens is 1. The summed E-state index contributed by atoms with van der Waals surface area (Å²) in [5.41, 5.74) is 2.56. The van der Waals surface area contributed by atoms with Gasteiger partial charge in [0.15, 0.2) is 0 Å². The maximum atomic E-state index is 11.4. The molecule has 3 aromatic rings. The number of hydrogen-bond acceptors (Lipinski definition) is 5. The van der Waals surface area contributed by atoms with Crippen molar-refractivity contribution in [3.63, 3.8) is 0 Å². The van der Waals surface area contributed by atoms with E-state index >= 15 is 0 Å². The molecule has 5 rings (SSSR count). The average molecular weight is 402 g/mol. The van der Waals surface area contributed by atoms with Gasteiger partial charge in [0.1, 0.15) is 0 Å². The Morgan fingerprint density at radius 3 is 2.50 bits per heavy atom. The number of rotatable bonds is 5. The van der Waals surface area contributed by atoms with E-state index in [0.29, 0.717) is 23.5 Å². The van der Waals surface area contributed by atoms with Crippen molar-refractivity contribution in [1.29, 1.82) is 0 Å². The molecule has 6 heteroatoms. The van der Waals surface area contributed by atoms with E-state index in [0.717, 1.165) is 30.5 Å². The molecule has 2 saturated heterocycles. The fourth-order valence-electron chi connectivity index (χ4n) is 5.44. The number of fused-ring (bicyclic) bond motifs is 3. The van der Waals surface area contributed by atoms with Gasteiger partial charge in [-0.1, -0.05) is 30.3 Å². The van der Waals surface area contributed by atoms with Gasteiger partial charge in [-0.15, -0.1) is 0 Å². The Morgan fingerprint density at radius 2 is 1.80 bits per heavy atom. The fraction of sp³-hybridized carbons (Fsp3) is 0.375. The normalized spacial score (nSPS) is 23.6. The molecule has 30 heavy (non-hydrogen) atoms. The second kappa shape index (κ2) is 7.69. The predicted octanol–water partition coefficient (Wildman–Crippen LogP) is 4.77. The molecule has 0 N–H and O–H groups in total. The average Bonchev–Trinajstić information content (AvgIpc) is 2.99. The van der Waals surface area contributed by atoms with Crippen LogP contribution in [-0.2, 0) is 6.54 Å². The van der Waals surface area contributed by atoms with Crippen molar-refractivity contribution in [2.75, 3.05) is 11.9 Å². The molecule has 2 aliphatic heterocycles. The van der Waals surface area contributed by atoms with Crippen LogP contribution in [-0.4, -0.2) is 40.0 Å². The lowest BCUT2D eigenvalue weighted by molar-refractivity contribution is -0.383. The minimum absolute atomic E-state index is 0.119. The third-order valence-electron chi connectivity index (χ3n) is 6.96. The van der Waals surface area contributed by atoms with E-state index in [1.165, 1.54) is 18.4 Å². The number of nitro benzene ring substituents is 1. The lowest BCUT2D eigenvalue weighted by atomic mass is 9.94. The van der Waals surface area contributed by atoms with Crippen molar-refractivity contribution in [2.45, 2.75) is 50.4 Å². The van der Waals surface area contributed by atoms with Gasteiger partial charge in [-0.05, 0) is 43.4 Å². The minimum Gasteiger partial charge on any atom is -0.371 e. The Morgan fingerprint density at radius 1 is 1.07 bits per heavy atom. The first-order chi connectivity index (χ1) is 14.6. The Bertz CT molecular complexity index is 1060. The third kappa shape index (κ3) is 3.31. The van der Waals surface area contributed by atoms with Gasteiger partial charge < -0.3 is 4.90 Å². The van der Waals surface area contributed by atoms with Gasteiger partial charge in [-0.2, -0.15) is 0 Å². The number of hydrogen-bond donors (Lipinski definition) is 0. The van der Waals surface area contributed by atoms with Gasteiger partial charge >= 0.3 is 0 Å². The maximum absolute atomic E-state index is 11.4. The van der Waals surface area contributed by atoms with Crippen LogP contribution in [0.25, 0.3) is 10.8 Å². The Labute approximate surface area is 176 Å². The largest absolute Gasteiger partial charge is 0.371 e. The van der Waals surface area contributed by atoms with Crippen molar-refractivity contribution < 1.29 is 4.92 Å². The fourth-order valence-corrected chi connectivity index (χ4v) is 5.44. The van der Waals surface area contributed by atoms with E-state index in [1.54, 1.807) is 18.5 Å². The second-order valence-corrected chi connectivity index (χ2v) is 8.56. The van der Waals surface area contributed by atoms with Crippen LogP contribution in [0.2, 0.25) is 0 Å². The first-order valence-corrected chi connectivity index (χ1v) is 10.7. The van der Waals surface area contributed by atoms with Crippen molar-refractivity contribution in [2.24, 2.45) is 0 Å². The number of nitro groups is 1. The van der Waals surface area contributed by atoms with E-state index in [9.17, 15) is 10.1 Å². The van der Waals surface area contributed by atoms with Crippen molar-refractivity contribution in [3.8, 4) is 0 Å². The molecule has 2 aliphatic rings. The zero-order valence-corrected chi connectivity index (χ0v) is 17.1. The van der Waals surface area contributed by atoms with Gasteiger partial charge in [0.25, 0.3) is 5.69 Å². The minimum atomic E-state index is -0.323. The summed E-state index contributed by atoms with van der Waals surface area (Å²) in [6.07, 6.45) is 8.10. The lowest BCUT2D eigenvalue weighted by Crippen LogP contribution is -2.49. The number of nitrogens with zero attached hydrogens (tertiary/aromatic N) is 4. The SMILES string of the molecule is CN(c1ccc([N+](=O)[O-])c2cnccc12)C1CC2CCC(C1)N2Cc1ccccc1. The Hall–Kier alpha value is -2.99. The second-order valence-electron chi connectivity index (χ2n) is 8.56. The molecular formula is C24H26N4O2. The number of non-ortho nitro benzene ring substituents is 1. The van der Waals surface area contributed by atoms with Crippen molar-refractivity contribution >= 4 is 22.1 Å². The highest BCUT2D eigenvalue weighted by Crippen LogP contribution is 2.41. The molecular weight excluding hydrogens is 376 g/mol. The van der Waals surface area contributed by atoms with Crippen LogP contribution >= 0.6 is 0 Å². The zero-order valence-electron chi connectivity index (χ0n) is 17.1. The third-order valence-corrected chi connectivity index (χ3v) is 6.96. The van der Waals surface area contributed by atoms with E-state index in [-0.39, 0.29) is 10.6 Å². The molecule has 0 radical (unpaired) electrons. The molecule has 0 aliphatic carbocycles. The molecule has 0 amide bonds. The number of benzene rings is 2. The molecule has 6 nitrogen and oxygen atoms in total. The van der Waals surface area contributed by atoms with Gasteiger partial charge in [0.2, 0.25) is 0 Å². The van der Waals surface area contributed by atoms with Crippen LogP contribution < -0.4 is 4.90 Å². The summed E-state index contributed by atoms with van der Waals surface area (Å²) in [7, 11) is 2.14. The molecule has 2 aromatic carbocycles. The van der Waals surface area contributed by atoms with E-state index < -0.39 is 0 Å². The molecule has 2 unspecified atom stereocenters. The van der Waals surface area contributed by atoms with Crippen LogP contribution in [0.1, 0.15) is 31.2 Å². The van der Waals surface area contributed by atoms with Crippen LogP contribution in [0.3, 0.4) is 0 Å². The van der Waals surface area contributed by atoms with Gasteiger partial charge in [0.05, 0.1) is 10.3 Å². The molecule has 0 saturated carbocycles.